The maximum atomic E-state index is 8.91. The molecule has 0 bridgehead atoms. The molecule has 0 amide bonds. The average Bonchev–Trinajstić information content (AvgIpc) is 2.86. The Morgan fingerprint density at radius 1 is 1.21 bits per heavy atom. The molecule has 0 unspecified atom stereocenters. The summed E-state index contributed by atoms with van der Waals surface area (Å²) in [5, 5.41) is 20.8. The first kappa shape index (κ1) is 13.7. The Hall–Kier alpha value is -1.75. The first-order chi connectivity index (χ1) is 9.13. The Morgan fingerprint density at radius 2 is 1.95 bits per heavy atom. The fraction of sp³-hybridized carbons (Fsp3) is 0.500. The van der Waals surface area contributed by atoms with Crippen molar-refractivity contribution in [1.82, 2.24) is 20.2 Å². The minimum Gasteiger partial charge on any atom is -0.396 e. The number of tetrazole rings is 1. The molecule has 0 radical (unpaired) electrons. The molecule has 19 heavy (non-hydrogen) atoms. The highest BCUT2D eigenvalue weighted by atomic mass is 16.3. The van der Waals surface area contributed by atoms with Gasteiger partial charge in [0.15, 0.2) is 5.82 Å². The van der Waals surface area contributed by atoms with Crippen LogP contribution in [-0.4, -0.2) is 31.9 Å². The van der Waals surface area contributed by atoms with Gasteiger partial charge in [-0.15, -0.1) is 5.10 Å². The van der Waals surface area contributed by atoms with Gasteiger partial charge in [-0.3, -0.25) is 0 Å². The van der Waals surface area contributed by atoms with E-state index in [2.05, 4.69) is 41.5 Å². The topological polar surface area (TPSA) is 63.8 Å². The van der Waals surface area contributed by atoms with E-state index >= 15 is 0 Å². The monoisotopic (exact) mass is 260 g/mol. The Morgan fingerprint density at radius 3 is 2.63 bits per heavy atom. The lowest BCUT2D eigenvalue weighted by atomic mass is 9.85. The third kappa shape index (κ3) is 3.38. The van der Waals surface area contributed by atoms with E-state index in [0.717, 1.165) is 12.2 Å². The fourth-order valence-electron chi connectivity index (χ4n) is 2.25. The molecule has 1 N–H and O–H groups in total. The Kier molecular flexibility index (Phi) is 4.27. The zero-order chi connectivity index (χ0) is 13.7. The van der Waals surface area contributed by atoms with Gasteiger partial charge in [-0.1, -0.05) is 44.2 Å². The van der Waals surface area contributed by atoms with E-state index in [-0.39, 0.29) is 12.0 Å². The minimum atomic E-state index is -0.139. The lowest BCUT2D eigenvalue weighted by Gasteiger charge is -2.23. The third-order valence-electron chi connectivity index (χ3n) is 3.15. The van der Waals surface area contributed by atoms with Gasteiger partial charge in [0.1, 0.15) is 0 Å². The van der Waals surface area contributed by atoms with Crippen LogP contribution < -0.4 is 0 Å². The number of aromatic nitrogens is 4. The fourth-order valence-corrected chi connectivity index (χ4v) is 2.25. The summed E-state index contributed by atoms with van der Waals surface area (Å²) in [5.74, 6) is 0.866. The minimum absolute atomic E-state index is 0.139. The maximum absolute atomic E-state index is 8.91. The molecule has 0 aliphatic heterocycles. The highest BCUT2D eigenvalue weighted by molar-refractivity contribution is 5.19. The summed E-state index contributed by atoms with van der Waals surface area (Å²) in [6.07, 6.45) is 1.55. The summed E-state index contributed by atoms with van der Waals surface area (Å²) in [6.45, 7) is 5.08. The van der Waals surface area contributed by atoms with Gasteiger partial charge >= 0.3 is 0 Å². The zero-order valence-electron chi connectivity index (χ0n) is 11.5. The highest BCUT2D eigenvalue weighted by Crippen LogP contribution is 2.25. The predicted octanol–water partition coefficient (Wildman–Crippen LogP) is 1.58. The first-order valence-corrected chi connectivity index (χ1v) is 6.55. The van der Waals surface area contributed by atoms with Crippen molar-refractivity contribution >= 4 is 0 Å². The number of hydrogen-bond acceptors (Lipinski definition) is 4. The van der Waals surface area contributed by atoms with Crippen LogP contribution in [0.3, 0.4) is 0 Å². The van der Waals surface area contributed by atoms with Crippen LogP contribution in [0.25, 0.3) is 0 Å². The molecule has 0 saturated heterocycles. The van der Waals surface area contributed by atoms with Crippen LogP contribution in [0.2, 0.25) is 0 Å². The predicted molar refractivity (Wildman–Crippen MR) is 72.7 cm³/mol. The molecule has 5 heteroatoms. The number of aliphatic hydroxyl groups excluding tert-OH is 1. The van der Waals surface area contributed by atoms with Gasteiger partial charge in [-0.25, -0.2) is 4.68 Å². The van der Waals surface area contributed by atoms with Gasteiger partial charge in [0.25, 0.3) is 0 Å². The van der Waals surface area contributed by atoms with Crippen LogP contribution in [0.1, 0.15) is 31.7 Å². The molecule has 102 valence electrons. The van der Waals surface area contributed by atoms with Gasteiger partial charge in [-0.2, -0.15) is 0 Å². The number of aryl methyl sites for hydroxylation is 1. The van der Waals surface area contributed by atoms with E-state index in [1.165, 1.54) is 5.56 Å². The Labute approximate surface area is 113 Å². The van der Waals surface area contributed by atoms with Crippen LogP contribution >= 0.6 is 0 Å². The molecular weight excluding hydrogens is 240 g/mol. The second kappa shape index (κ2) is 5.93. The smallest absolute Gasteiger partial charge is 0.157 e. The standard InChI is InChI=1S/C14H20N4O/c1-14(2,11-12-7-4-3-5-8-12)13-15-16-17-18(13)9-6-10-19/h3-5,7-8,19H,6,9-11H2,1-2H3. The summed E-state index contributed by atoms with van der Waals surface area (Å²) in [6, 6.07) is 10.3. The summed E-state index contributed by atoms with van der Waals surface area (Å²) in [7, 11) is 0. The average molecular weight is 260 g/mol. The third-order valence-corrected chi connectivity index (χ3v) is 3.15. The lowest BCUT2D eigenvalue weighted by Crippen LogP contribution is -2.26. The van der Waals surface area contributed by atoms with E-state index in [9.17, 15) is 0 Å². The summed E-state index contributed by atoms with van der Waals surface area (Å²) < 4.78 is 1.79. The molecule has 0 aliphatic rings. The molecule has 2 rings (SSSR count). The number of benzene rings is 1. The number of hydrogen-bond donors (Lipinski definition) is 1. The second-order valence-corrected chi connectivity index (χ2v) is 5.35. The normalized spacial score (nSPS) is 11.7. The van der Waals surface area contributed by atoms with Crippen LogP contribution in [0.5, 0.6) is 0 Å². The van der Waals surface area contributed by atoms with Crippen LogP contribution in [0.15, 0.2) is 30.3 Å². The van der Waals surface area contributed by atoms with Gasteiger partial charge < -0.3 is 5.11 Å². The zero-order valence-corrected chi connectivity index (χ0v) is 11.5. The molecule has 0 spiro atoms. The molecular formula is C14H20N4O. The van der Waals surface area contributed by atoms with Crippen molar-refractivity contribution in [1.29, 1.82) is 0 Å². The van der Waals surface area contributed by atoms with Crippen LogP contribution in [-0.2, 0) is 18.4 Å². The van der Waals surface area contributed by atoms with Crippen molar-refractivity contribution in [2.75, 3.05) is 6.61 Å². The molecule has 0 atom stereocenters. The van der Waals surface area contributed by atoms with E-state index < -0.39 is 0 Å². The summed E-state index contributed by atoms with van der Waals surface area (Å²) in [4.78, 5) is 0. The van der Waals surface area contributed by atoms with Crippen molar-refractivity contribution < 1.29 is 5.11 Å². The number of aliphatic hydroxyl groups is 1. The van der Waals surface area contributed by atoms with Crippen molar-refractivity contribution in [3.05, 3.63) is 41.7 Å². The number of rotatable bonds is 6. The lowest BCUT2D eigenvalue weighted by molar-refractivity contribution is 0.273. The largest absolute Gasteiger partial charge is 0.396 e. The molecule has 0 saturated carbocycles. The summed E-state index contributed by atoms with van der Waals surface area (Å²) >= 11 is 0. The molecule has 0 aliphatic carbocycles. The molecule has 1 aromatic carbocycles. The molecule has 5 nitrogen and oxygen atoms in total. The molecule has 2 aromatic rings. The summed E-state index contributed by atoms with van der Waals surface area (Å²) in [5.41, 5.74) is 1.13. The van der Waals surface area contributed by atoms with E-state index in [0.29, 0.717) is 13.0 Å². The molecule has 0 fully saturated rings. The maximum Gasteiger partial charge on any atom is 0.157 e. The van der Waals surface area contributed by atoms with E-state index in [1.54, 1.807) is 4.68 Å². The molecule has 1 aromatic heterocycles. The Bertz CT molecular complexity index is 507. The van der Waals surface area contributed by atoms with Gasteiger partial charge in [0, 0.05) is 18.6 Å². The Balaban J connectivity index is 2.17. The van der Waals surface area contributed by atoms with Crippen LogP contribution in [0.4, 0.5) is 0 Å². The van der Waals surface area contributed by atoms with Gasteiger partial charge in [-0.05, 0) is 28.8 Å². The second-order valence-electron chi connectivity index (χ2n) is 5.35. The van der Waals surface area contributed by atoms with Crippen LogP contribution in [0, 0.1) is 0 Å². The van der Waals surface area contributed by atoms with Crippen molar-refractivity contribution in [3.63, 3.8) is 0 Å². The first-order valence-electron chi connectivity index (χ1n) is 6.55. The molecule has 1 heterocycles. The van der Waals surface area contributed by atoms with Gasteiger partial charge in [0.2, 0.25) is 0 Å². The van der Waals surface area contributed by atoms with Gasteiger partial charge in [0.05, 0.1) is 0 Å². The quantitative estimate of drug-likeness (QED) is 0.856. The van der Waals surface area contributed by atoms with E-state index in [4.69, 9.17) is 5.11 Å². The highest BCUT2D eigenvalue weighted by Gasteiger charge is 2.27. The SMILES string of the molecule is CC(C)(Cc1ccccc1)c1nnnn1CCCO. The van der Waals surface area contributed by atoms with Crippen molar-refractivity contribution in [2.24, 2.45) is 0 Å². The van der Waals surface area contributed by atoms with E-state index in [1.807, 2.05) is 18.2 Å². The van der Waals surface area contributed by atoms with Crippen molar-refractivity contribution in [3.8, 4) is 0 Å². The van der Waals surface area contributed by atoms with Crippen molar-refractivity contribution in [2.45, 2.75) is 38.6 Å². The number of nitrogens with zero attached hydrogens (tertiary/aromatic N) is 4.